The number of nitrogens with one attached hydrogen (secondary N) is 2. The van der Waals surface area contributed by atoms with E-state index in [1.54, 1.807) is 12.1 Å². The Labute approximate surface area is 176 Å². The molecule has 0 spiro atoms. The molecule has 0 fully saturated rings. The number of thioether (sulfide) groups is 1. The third-order valence-electron chi connectivity index (χ3n) is 3.71. The van der Waals surface area contributed by atoms with E-state index in [0.717, 1.165) is 8.47 Å². The Morgan fingerprint density at radius 2 is 1.74 bits per heavy atom. The highest BCUT2D eigenvalue weighted by Crippen LogP contribution is 2.24. The molecule has 2 aromatic rings. The molecule has 27 heavy (non-hydrogen) atoms. The van der Waals surface area contributed by atoms with Gasteiger partial charge in [-0.1, -0.05) is 24.3 Å². The van der Waals surface area contributed by atoms with Gasteiger partial charge >= 0.3 is 0 Å². The number of para-hydroxylation sites is 1. The highest BCUT2D eigenvalue weighted by molar-refractivity contribution is 14.1. The zero-order valence-corrected chi connectivity index (χ0v) is 18.0. The van der Waals surface area contributed by atoms with Gasteiger partial charge in [-0.15, -0.1) is 11.8 Å². The number of halogens is 1. The third-order valence-corrected chi connectivity index (χ3v) is 5.44. The molecule has 6 nitrogen and oxygen atoms in total. The highest BCUT2D eigenvalue weighted by Gasteiger charge is 2.16. The minimum atomic E-state index is -0.345. The average Bonchev–Trinajstić information content (AvgIpc) is 2.66. The molecule has 142 valence electrons. The molecule has 3 amide bonds. The van der Waals surface area contributed by atoms with Gasteiger partial charge in [0.15, 0.2) is 0 Å². The topological polar surface area (TPSA) is 78.5 Å². The van der Waals surface area contributed by atoms with Gasteiger partial charge in [0.05, 0.1) is 24.3 Å². The molecule has 0 aliphatic heterocycles. The van der Waals surface area contributed by atoms with E-state index in [4.69, 9.17) is 0 Å². The van der Waals surface area contributed by atoms with Gasteiger partial charge in [0.2, 0.25) is 11.8 Å². The molecule has 2 rings (SSSR count). The summed E-state index contributed by atoms with van der Waals surface area (Å²) >= 11 is 3.60. The molecule has 0 heterocycles. The van der Waals surface area contributed by atoms with Gasteiger partial charge in [-0.25, -0.2) is 0 Å². The number of hydrogen-bond acceptors (Lipinski definition) is 4. The number of anilines is 1. The smallest absolute Gasteiger partial charge is 0.252 e. The zero-order chi connectivity index (χ0) is 19.8. The van der Waals surface area contributed by atoms with Crippen LogP contribution >= 0.6 is 34.4 Å². The van der Waals surface area contributed by atoms with Crippen LogP contribution in [-0.4, -0.2) is 49.0 Å². The summed E-state index contributed by atoms with van der Waals surface area (Å²) in [5, 5.41) is 5.40. The van der Waals surface area contributed by atoms with E-state index in [2.05, 4.69) is 33.2 Å². The molecule has 0 saturated heterocycles. The Bertz CT molecular complexity index is 844. The lowest BCUT2D eigenvalue weighted by atomic mass is 10.2. The molecule has 0 aliphatic rings. The Morgan fingerprint density at radius 1 is 1.07 bits per heavy atom. The van der Waals surface area contributed by atoms with Crippen molar-refractivity contribution in [3.8, 4) is 0 Å². The molecular formula is C19H20IN3O3S. The number of rotatable bonds is 7. The van der Waals surface area contributed by atoms with Crippen LogP contribution in [0.2, 0.25) is 0 Å². The fourth-order valence-corrected chi connectivity index (χ4v) is 3.46. The van der Waals surface area contributed by atoms with Crippen LogP contribution < -0.4 is 10.6 Å². The fraction of sp³-hybridized carbons (Fsp3) is 0.211. The molecular weight excluding hydrogens is 477 g/mol. The maximum atomic E-state index is 12.2. The molecule has 0 saturated carbocycles. The Balaban J connectivity index is 1.85. The van der Waals surface area contributed by atoms with E-state index in [1.807, 2.05) is 42.7 Å². The molecule has 2 aromatic carbocycles. The average molecular weight is 497 g/mol. The molecule has 0 bridgehead atoms. The van der Waals surface area contributed by atoms with Crippen molar-refractivity contribution in [3.05, 3.63) is 57.7 Å². The van der Waals surface area contributed by atoms with Crippen LogP contribution in [0.4, 0.5) is 5.69 Å². The summed E-state index contributed by atoms with van der Waals surface area (Å²) in [7, 11) is 1.53. The van der Waals surface area contributed by atoms with E-state index >= 15 is 0 Å². The fourth-order valence-electron chi connectivity index (χ4n) is 2.27. The lowest BCUT2D eigenvalue weighted by Gasteiger charge is -2.18. The molecule has 0 aliphatic carbocycles. The van der Waals surface area contributed by atoms with E-state index in [1.165, 1.54) is 23.7 Å². The quantitative estimate of drug-likeness (QED) is 0.456. The Hall–Kier alpha value is -2.07. The van der Waals surface area contributed by atoms with Crippen molar-refractivity contribution in [2.45, 2.75) is 4.90 Å². The lowest BCUT2D eigenvalue weighted by molar-refractivity contribution is -0.132. The molecule has 0 radical (unpaired) electrons. The minimum Gasteiger partial charge on any atom is -0.343 e. The molecule has 0 aromatic heterocycles. The number of carbonyl (C=O) groups excluding carboxylic acids is 3. The van der Waals surface area contributed by atoms with E-state index < -0.39 is 0 Å². The van der Waals surface area contributed by atoms with Crippen LogP contribution in [0.15, 0.2) is 53.4 Å². The Kier molecular flexibility index (Phi) is 8.11. The van der Waals surface area contributed by atoms with Crippen LogP contribution in [0.25, 0.3) is 0 Å². The predicted octanol–water partition coefficient (Wildman–Crippen LogP) is 2.84. The number of nitrogens with zero attached hydrogens (tertiary/aromatic N) is 1. The first kappa shape index (κ1) is 21.2. The van der Waals surface area contributed by atoms with Gasteiger partial charge in [0.1, 0.15) is 0 Å². The first-order valence-corrected chi connectivity index (χ1v) is 10.4. The van der Waals surface area contributed by atoms with E-state index in [0.29, 0.717) is 11.3 Å². The lowest BCUT2D eigenvalue weighted by Crippen LogP contribution is -2.41. The maximum absolute atomic E-state index is 12.2. The first-order valence-electron chi connectivity index (χ1n) is 8.12. The number of likely N-dealkylation sites (N-methyl/N-ethyl adjacent to an activating group) is 1. The summed E-state index contributed by atoms with van der Waals surface area (Å²) in [5.41, 5.74) is 1.22. The number of benzene rings is 2. The van der Waals surface area contributed by atoms with Gasteiger partial charge in [-0.2, -0.15) is 0 Å². The Morgan fingerprint density at radius 3 is 2.44 bits per heavy atom. The molecule has 0 unspecified atom stereocenters. The second kappa shape index (κ2) is 10.3. The van der Waals surface area contributed by atoms with Gasteiger partial charge in [-0.05, 0) is 53.1 Å². The first-order chi connectivity index (χ1) is 12.9. The zero-order valence-electron chi connectivity index (χ0n) is 15.0. The summed E-state index contributed by atoms with van der Waals surface area (Å²) < 4.78 is 0.806. The molecule has 8 heteroatoms. The van der Waals surface area contributed by atoms with Crippen LogP contribution in [-0.2, 0) is 9.59 Å². The standard InChI is InChI=1S/C19H20IN3O3S/c1-23(12-17(24)22-15-9-5-6-10-16(15)27-2)18(25)11-21-19(26)13-7-3-4-8-14(13)20/h3-10H,11-12H2,1-2H3,(H,21,26)(H,22,24). The molecule has 0 atom stereocenters. The molecule has 2 N–H and O–H groups in total. The van der Waals surface area contributed by atoms with E-state index in [-0.39, 0.29) is 30.8 Å². The second-order valence-corrected chi connectivity index (χ2v) is 7.67. The van der Waals surface area contributed by atoms with Crippen LogP contribution in [0, 0.1) is 3.57 Å². The largest absolute Gasteiger partial charge is 0.343 e. The summed E-state index contributed by atoms with van der Waals surface area (Å²) in [5.74, 6) is -0.959. The van der Waals surface area contributed by atoms with Crippen molar-refractivity contribution >= 4 is 57.8 Å². The van der Waals surface area contributed by atoms with Crippen LogP contribution in [0.3, 0.4) is 0 Å². The van der Waals surface area contributed by atoms with Gasteiger partial charge < -0.3 is 15.5 Å². The van der Waals surface area contributed by atoms with Gasteiger partial charge in [0.25, 0.3) is 5.91 Å². The van der Waals surface area contributed by atoms with Crippen LogP contribution in [0.1, 0.15) is 10.4 Å². The number of hydrogen-bond donors (Lipinski definition) is 2. The van der Waals surface area contributed by atoms with Crippen molar-refractivity contribution in [2.75, 3.05) is 31.7 Å². The number of carbonyl (C=O) groups is 3. The summed E-state index contributed by atoms with van der Waals surface area (Å²) in [6.07, 6.45) is 1.93. The van der Waals surface area contributed by atoms with Crippen molar-refractivity contribution < 1.29 is 14.4 Å². The van der Waals surface area contributed by atoms with Crippen molar-refractivity contribution in [1.82, 2.24) is 10.2 Å². The summed E-state index contributed by atoms with van der Waals surface area (Å²) in [6.45, 7) is -0.269. The maximum Gasteiger partial charge on any atom is 0.252 e. The van der Waals surface area contributed by atoms with Gasteiger partial charge in [0, 0.05) is 15.5 Å². The number of amides is 3. The van der Waals surface area contributed by atoms with Crippen LogP contribution in [0.5, 0.6) is 0 Å². The third kappa shape index (κ3) is 6.24. The summed E-state index contributed by atoms with van der Waals surface area (Å²) in [4.78, 5) is 38.8. The summed E-state index contributed by atoms with van der Waals surface area (Å²) in [6, 6.07) is 14.6. The van der Waals surface area contributed by atoms with Crippen molar-refractivity contribution in [3.63, 3.8) is 0 Å². The second-order valence-electron chi connectivity index (χ2n) is 5.66. The predicted molar refractivity (Wildman–Crippen MR) is 116 cm³/mol. The van der Waals surface area contributed by atoms with Crippen molar-refractivity contribution in [1.29, 1.82) is 0 Å². The monoisotopic (exact) mass is 497 g/mol. The highest BCUT2D eigenvalue weighted by atomic mass is 127. The SMILES string of the molecule is CSc1ccccc1NC(=O)CN(C)C(=O)CNC(=O)c1ccccc1I. The van der Waals surface area contributed by atoms with Crippen molar-refractivity contribution in [2.24, 2.45) is 0 Å². The van der Waals surface area contributed by atoms with Gasteiger partial charge in [-0.3, -0.25) is 14.4 Å². The minimum absolute atomic E-state index is 0.0969. The normalized spacial score (nSPS) is 10.2. The van der Waals surface area contributed by atoms with E-state index in [9.17, 15) is 14.4 Å².